The summed E-state index contributed by atoms with van der Waals surface area (Å²) < 4.78 is 6.01. The van der Waals surface area contributed by atoms with Crippen LogP contribution in [0.3, 0.4) is 0 Å². The maximum atomic E-state index is 14.2. The number of carbonyl (C=O) groups is 9. The molecule has 1 aliphatic heterocycles. The van der Waals surface area contributed by atoms with E-state index in [9.17, 15) is 58.5 Å². The maximum absolute atomic E-state index is 14.2. The number of carboxylic acids is 2. The van der Waals surface area contributed by atoms with Gasteiger partial charge in [0.1, 0.15) is 48.4 Å². The number of carboxylic acid groups (broad SMARTS) is 2. The van der Waals surface area contributed by atoms with Gasteiger partial charge in [0, 0.05) is 12.4 Å². The monoisotopic (exact) mass is 1080 g/mol. The molecule has 0 radical (unpaired) electrons. The summed E-state index contributed by atoms with van der Waals surface area (Å²) in [5, 5.41) is 51.1. The van der Waals surface area contributed by atoms with Gasteiger partial charge >= 0.3 is 71.1 Å². The van der Waals surface area contributed by atoms with Gasteiger partial charge in [0.2, 0.25) is 35.4 Å². The Bertz CT molecular complexity index is 1830. The van der Waals surface area contributed by atoms with Crippen molar-refractivity contribution in [3.8, 4) is 0 Å². The number of rotatable bonds is 24. The number of nitrogens with one attached hydrogen (secondary N) is 6. The van der Waals surface area contributed by atoms with E-state index in [4.69, 9.17) is 4.74 Å². The summed E-state index contributed by atoms with van der Waals surface area (Å²) in [6.45, 7) is 21.9. The van der Waals surface area contributed by atoms with Crippen molar-refractivity contribution >= 4 is 59.2 Å². The fourth-order valence-electron chi connectivity index (χ4n) is 8.50. The third-order valence-corrected chi connectivity index (χ3v) is 12.3. The molecule has 20 nitrogen and oxygen atoms in total. The summed E-state index contributed by atoms with van der Waals surface area (Å²) in [4.78, 5) is 127. The molecule has 0 saturated carbocycles. The summed E-state index contributed by atoms with van der Waals surface area (Å²) in [5.74, 6) is -10.8. The van der Waals surface area contributed by atoms with Gasteiger partial charge in [-0.2, -0.15) is 0 Å². The molecule has 75 heavy (non-hydrogen) atoms. The SMILES string of the molecule is CC(C)CCCCCCCCCC1CC([O-])=N[C@H](CCC(=O)[O-])C(=O)N[C@@H](CC(C)C)C(=O)N[C@H](CC(C)C)C(=O)N[C@@H](C(C)C)C(=O)N[C@@H](CC(=O)O)C(=O)N[C@H](CC(C)C)C(=O)N[C@@H](CC(C)C)C(=O)O1.[Na+].[Na+]. The average molecular weight is 1080 g/mol. The second-order valence-corrected chi connectivity index (χ2v) is 22.3. The number of hydrogen-bond acceptors (Lipinski definition) is 13. The number of nitrogens with zero attached hydrogens (tertiary/aromatic N) is 1. The van der Waals surface area contributed by atoms with Crippen LogP contribution in [-0.2, 0) is 47.9 Å². The van der Waals surface area contributed by atoms with Gasteiger partial charge in [0.15, 0.2) is 0 Å². The molecule has 0 aliphatic carbocycles. The molecule has 22 heteroatoms. The fraction of sp³-hybridized carbons (Fsp3) is 0.811. The number of cyclic esters (lactones) is 1. The van der Waals surface area contributed by atoms with Crippen molar-refractivity contribution in [2.75, 3.05) is 0 Å². The van der Waals surface area contributed by atoms with Gasteiger partial charge in [-0.05, 0) is 92.8 Å². The van der Waals surface area contributed by atoms with Crippen LogP contribution >= 0.6 is 0 Å². The summed E-state index contributed by atoms with van der Waals surface area (Å²) in [6, 6.07) is -9.90. The van der Waals surface area contributed by atoms with Crippen LogP contribution in [0.2, 0.25) is 0 Å². The molecule has 1 aliphatic rings. The Kier molecular flexibility index (Phi) is 38.5. The van der Waals surface area contributed by atoms with E-state index < -0.39 is 139 Å². The number of carbonyl (C=O) groups excluding carboxylic acids is 8. The fourth-order valence-corrected chi connectivity index (χ4v) is 8.50. The molecular formula is C53H91N7Na2O13. The summed E-state index contributed by atoms with van der Waals surface area (Å²) in [5.41, 5.74) is 0. The first-order chi connectivity index (χ1) is 34.1. The molecule has 0 saturated heterocycles. The third-order valence-electron chi connectivity index (χ3n) is 12.3. The van der Waals surface area contributed by atoms with Crippen LogP contribution in [0.5, 0.6) is 0 Å². The second-order valence-electron chi connectivity index (χ2n) is 22.3. The smallest absolute Gasteiger partial charge is 0.862 e. The Labute approximate surface area is 491 Å². The second kappa shape index (κ2) is 39.1. The van der Waals surface area contributed by atoms with Crippen molar-refractivity contribution in [3.05, 3.63) is 0 Å². The van der Waals surface area contributed by atoms with Crippen LogP contribution in [-0.4, -0.2) is 113 Å². The molecule has 0 spiro atoms. The minimum atomic E-state index is -1.73. The van der Waals surface area contributed by atoms with Gasteiger partial charge < -0.3 is 56.8 Å². The van der Waals surface area contributed by atoms with E-state index in [-0.39, 0.29) is 115 Å². The number of aliphatic carboxylic acids is 2. The molecule has 8 atom stereocenters. The van der Waals surface area contributed by atoms with Crippen molar-refractivity contribution in [2.45, 2.75) is 241 Å². The summed E-state index contributed by atoms with van der Waals surface area (Å²) >= 11 is 0. The topological polar surface area (TPSA) is 314 Å². The van der Waals surface area contributed by atoms with Gasteiger partial charge in [-0.3, -0.25) is 38.6 Å². The number of esters is 1. The van der Waals surface area contributed by atoms with E-state index in [0.29, 0.717) is 12.3 Å². The van der Waals surface area contributed by atoms with Crippen molar-refractivity contribution in [1.29, 1.82) is 0 Å². The largest absolute Gasteiger partial charge is 1.00 e. The molecule has 7 N–H and O–H groups in total. The van der Waals surface area contributed by atoms with E-state index >= 15 is 0 Å². The number of amides is 6. The van der Waals surface area contributed by atoms with Crippen LogP contribution in [0.1, 0.15) is 192 Å². The predicted octanol–water partition coefficient (Wildman–Crippen LogP) is -2.64. The van der Waals surface area contributed by atoms with Gasteiger partial charge in [0.25, 0.3) is 0 Å². The summed E-state index contributed by atoms with van der Waals surface area (Å²) in [6.07, 6.45) is 4.45. The van der Waals surface area contributed by atoms with E-state index in [2.05, 4.69) is 50.7 Å². The number of hydrogen-bond donors (Lipinski definition) is 7. The van der Waals surface area contributed by atoms with E-state index in [0.717, 1.165) is 44.9 Å². The molecule has 1 heterocycles. The average Bonchev–Trinajstić information content (AvgIpc) is 3.26. The molecule has 1 rings (SSSR count). The Morgan fingerprint density at radius 3 is 1.39 bits per heavy atom. The zero-order valence-corrected chi connectivity index (χ0v) is 51.9. The van der Waals surface area contributed by atoms with E-state index in [1.54, 1.807) is 55.4 Å². The van der Waals surface area contributed by atoms with Gasteiger partial charge in [-0.25, -0.2) is 4.79 Å². The molecule has 0 fully saturated rings. The van der Waals surface area contributed by atoms with E-state index in [1.165, 1.54) is 0 Å². The van der Waals surface area contributed by atoms with Crippen molar-refractivity contribution in [1.82, 2.24) is 31.9 Å². The minimum absolute atomic E-state index is 0. The van der Waals surface area contributed by atoms with Crippen LogP contribution in [0.25, 0.3) is 0 Å². The molecule has 418 valence electrons. The van der Waals surface area contributed by atoms with Gasteiger partial charge in [-0.1, -0.05) is 128 Å². The Morgan fingerprint density at radius 2 is 0.947 bits per heavy atom. The van der Waals surface area contributed by atoms with Gasteiger partial charge in [-0.15, -0.1) is 0 Å². The number of unbranched alkanes of at least 4 members (excludes halogenated alkanes) is 6. The standard InChI is InChI=1S/C53H93N7O13.2Na/c1-30(2)20-18-16-14-13-15-17-19-21-36-28-43(61)54-37(22-23-44(62)63)47(66)55-38(24-31(3)4)48(67)57-40(26-33(7)8)51(70)60-46(35(11)12)52(71)58-41(29-45(64)65)50(69)56-39(25-32(5)6)49(68)59-42(27-34(9)10)53(72)73-36;;/h30-42,46H,13-29H2,1-12H3,(H,54,61)(H,55,66)(H,56,69)(H,57,67)(H,58,71)(H,59,68)(H,60,70)(H,62,63)(H,64,65);;/q;2*+1/p-2/t36?,37-,38+,39-,40-,41+,42+,46+;;/m1../s1. The van der Waals surface area contributed by atoms with Crippen molar-refractivity contribution in [2.24, 2.45) is 40.5 Å². The minimum Gasteiger partial charge on any atom is -0.862 e. The number of aliphatic imine (C=N–C) groups is 1. The predicted molar refractivity (Wildman–Crippen MR) is 273 cm³/mol. The molecule has 0 bridgehead atoms. The van der Waals surface area contributed by atoms with Crippen LogP contribution in [0.4, 0.5) is 0 Å². The molecule has 0 aromatic heterocycles. The van der Waals surface area contributed by atoms with Gasteiger partial charge in [0.05, 0.1) is 6.42 Å². The molecule has 0 aromatic carbocycles. The van der Waals surface area contributed by atoms with Crippen molar-refractivity contribution in [3.63, 3.8) is 0 Å². The Balaban J connectivity index is 0. The quantitative estimate of drug-likeness (QED) is 0.0296. The Hall–Kier alpha value is -3.30. The normalized spacial score (nSPS) is 23.4. The summed E-state index contributed by atoms with van der Waals surface area (Å²) in [7, 11) is 0. The zero-order valence-electron chi connectivity index (χ0n) is 47.9. The third kappa shape index (κ3) is 32.3. The number of ether oxygens (including phenoxy) is 1. The van der Waals surface area contributed by atoms with Crippen LogP contribution in [0, 0.1) is 35.5 Å². The molecule has 6 amide bonds. The zero-order chi connectivity index (χ0) is 55.5. The first-order valence-corrected chi connectivity index (χ1v) is 26.8. The Morgan fingerprint density at radius 1 is 0.547 bits per heavy atom. The van der Waals surface area contributed by atoms with Crippen molar-refractivity contribution < 1.29 is 122 Å². The maximum Gasteiger partial charge on any atom is 1.00 e. The van der Waals surface area contributed by atoms with Crippen LogP contribution in [0.15, 0.2) is 4.99 Å². The molecular weight excluding hydrogens is 989 g/mol. The van der Waals surface area contributed by atoms with E-state index in [1.807, 2.05) is 13.8 Å². The molecule has 0 aromatic rings. The van der Waals surface area contributed by atoms with Crippen LogP contribution < -0.4 is 101 Å². The first-order valence-electron chi connectivity index (χ1n) is 26.8. The molecule has 1 unspecified atom stereocenters. The first kappa shape index (κ1) is 73.8.